The van der Waals surface area contributed by atoms with Crippen LogP contribution in [0.4, 0.5) is 0 Å². The highest BCUT2D eigenvalue weighted by molar-refractivity contribution is 7.20. The van der Waals surface area contributed by atoms with Crippen LogP contribution in [0.2, 0.25) is 0 Å². The first-order valence-electron chi connectivity index (χ1n) is 6.64. The molecule has 0 bridgehead atoms. The van der Waals surface area contributed by atoms with Crippen molar-refractivity contribution < 1.29 is 0 Å². The molecule has 0 fully saturated rings. The van der Waals surface area contributed by atoms with Crippen molar-refractivity contribution in [1.82, 2.24) is 0 Å². The lowest BCUT2D eigenvalue weighted by Crippen LogP contribution is -1.83. The number of aryl methyl sites for hydroxylation is 1. The van der Waals surface area contributed by atoms with Crippen molar-refractivity contribution >= 4 is 49.2 Å². The third-order valence-corrected chi connectivity index (χ3v) is 5.09. The zero-order valence-electron chi connectivity index (χ0n) is 11.1. The summed E-state index contributed by atoms with van der Waals surface area (Å²) >= 11 is 1.80. The fourth-order valence-corrected chi connectivity index (χ4v) is 4.23. The molecule has 0 saturated heterocycles. The quantitative estimate of drug-likeness (QED) is 0.349. The van der Waals surface area contributed by atoms with E-state index in [2.05, 4.69) is 55.5 Å². The molecule has 20 heavy (non-hydrogen) atoms. The average Bonchev–Trinajstić information content (AvgIpc) is 2.84. The second-order valence-corrected chi connectivity index (χ2v) is 6.24. The largest absolute Gasteiger partial charge is 0.308 e. The maximum atomic E-state index is 7.75. The van der Waals surface area contributed by atoms with Gasteiger partial charge in [-0.3, -0.25) is 0 Å². The summed E-state index contributed by atoms with van der Waals surface area (Å²) in [6, 6.07) is 17.1. The molecule has 0 aliphatic rings. The number of rotatable bonds is 1. The number of thiophene rings is 1. The number of nitrogens with one attached hydrogen (secondary N) is 1. The molecule has 3 aromatic carbocycles. The maximum absolute atomic E-state index is 7.75. The molecule has 1 aromatic heterocycles. The molecular weight excluding hydrogens is 262 g/mol. The minimum absolute atomic E-state index is 1.06. The smallest absolute Gasteiger partial charge is 0.0437 e. The van der Waals surface area contributed by atoms with Crippen molar-refractivity contribution in [3.05, 3.63) is 59.0 Å². The van der Waals surface area contributed by atoms with E-state index < -0.39 is 0 Å². The summed E-state index contributed by atoms with van der Waals surface area (Å²) < 4.78 is 1.30. The Morgan fingerprint density at radius 1 is 0.850 bits per heavy atom. The van der Waals surface area contributed by atoms with Crippen LogP contribution in [0.5, 0.6) is 0 Å². The molecule has 4 rings (SSSR count). The van der Waals surface area contributed by atoms with Crippen LogP contribution in [0.1, 0.15) is 10.4 Å². The summed E-state index contributed by atoms with van der Waals surface area (Å²) in [5.74, 6) is 0. The summed E-state index contributed by atoms with van der Waals surface area (Å²) in [4.78, 5) is 1.22. The van der Waals surface area contributed by atoms with Crippen LogP contribution in [-0.2, 0) is 0 Å². The Hall–Kier alpha value is -2.19. The molecule has 0 aliphatic carbocycles. The third kappa shape index (κ3) is 1.40. The Kier molecular flexibility index (Phi) is 2.41. The predicted octanol–water partition coefficient (Wildman–Crippen LogP) is 5.51. The standard InChI is InChI=1S/C18H13NS/c1-11-16(10-19)17-14-8-4-2-6-12(14)13-7-3-5-9-15(13)18(17)20-11/h2-10,19H,1H3. The summed E-state index contributed by atoms with van der Waals surface area (Å²) in [5.41, 5.74) is 1.06. The van der Waals surface area contributed by atoms with E-state index >= 15 is 0 Å². The number of hydrogen-bond donors (Lipinski definition) is 1. The zero-order chi connectivity index (χ0) is 13.7. The molecule has 1 N–H and O–H groups in total. The number of benzene rings is 3. The normalized spacial score (nSPS) is 11.4. The molecule has 4 aromatic rings. The fraction of sp³-hybridized carbons (Fsp3) is 0.0556. The van der Waals surface area contributed by atoms with E-state index in [1.54, 1.807) is 11.3 Å². The Morgan fingerprint density at radius 3 is 2.05 bits per heavy atom. The van der Waals surface area contributed by atoms with E-state index in [0.717, 1.165) is 5.56 Å². The van der Waals surface area contributed by atoms with Crippen molar-refractivity contribution in [1.29, 1.82) is 5.41 Å². The molecule has 0 atom stereocenters. The molecule has 96 valence electrons. The summed E-state index contributed by atoms with van der Waals surface area (Å²) in [5, 5.41) is 14.1. The van der Waals surface area contributed by atoms with Gasteiger partial charge in [0, 0.05) is 32.1 Å². The molecule has 1 nitrogen and oxygen atoms in total. The van der Waals surface area contributed by atoms with Gasteiger partial charge in [-0.25, -0.2) is 0 Å². The van der Waals surface area contributed by atoms with Crippen LogP contribution in [0.15, 0.2) is 48.5 Å². The van der Waals surface area contributed by atoms with Gasteiger partial charge in [-0.05, 0) is 23.1 Å². The fourth-order valence-electron chi connectivity index (χ4n) is 3.04. The lowest BCUT2D eigenvalue weighted by molar-refractivity contribution is 1.54. The van der Waals surface area contributed by atoms with Crippen LogP contribution < -0.4 is 0 Å². The topological polar surface area (TPSA) is 23.9 Å². The Labute approximate surface area is 121 Å². The first-order chi connectivity index (χ1) is 9.81. The lowest BCUT2D eigenvalue weighted by atomic mass is 9.97. The van der Waals surface area contributed by atoms with Crippen LogP contribution >= 0.6 is 11.3 Å². The summed E-state index contributed by atoms with van der Waals surface area (Å²) in [6.45, 7) is 2.11. The van der Waals surface area contributed by atoms with Gasteiger partial charge in [-0.1, -0.05) is 48.5 Å². The van der Waals surface area contributed by atoms with Crippen molar-refractivity contribution in [2.24, 2.45) is 0 Å². The third-order valence-electron chi connectivity index (χ3n) is 3.93. The minimum atomic E-state index is 1.06. The molecule has 0 amide bonds. The van der Waals surface area contributed by atoms with Crippen LogP contribution in [0.25, 0.3) is 31.6 Å². The molecule has 0 unspecified atom stereocenters. The molecule has 0 aliphatic heterocycles. The van der Waals surface area contributed by atoms with E-state index in [1.165, 1.54) is 42.7 Å². The van der Waals surface area contributed by atoms with Crippen molar-refractivity contribution in [3.63, 3.8) is 0 Å². The van der Waals surface area contributed by atoms with Crippen molar-refractivity contribution in [2.75, 3.05) is 0 Å². The van der Waals surface area contributed by atoms with Crippen LogP contribution in [-0.4, -0.2) is 6.21 Å². The molecule has 0 saturated carbocycles. The molecule has 0 spiro atoms. The van der Waals surface area contributed by atoms with Gasteiger partial charge in [-0.15, -0.1) is 11.3 Å². The van der Waals surface area contributed by atoms with Gasteiger partial charge in [0.25, 0.3) is 0 Å². The Morgan fingerprint density at radius 2 is 1.40 bits per heavy atom. The van der Waals surface area contributed by atoms with E-state index in [1.807, 2.05) is 0 Å². The first-order valence-corrected chi connectivity index (χ1v) is 7.46. The predicted molar refractivity (Wildman–Crippen MR) is 89.5 cm³/mol. The van der Waals surface area contributed by atoms with Gasteiger partial charge in [0.05, 0.1) is 0 Å². The van der Waals surface area contributed by atoms with Gasteiger partial charge in [0.2, 0.25) is 0 Å². The monoisotopic (exact) mass is 275 g/mol. The zero-order valence-corrected chi connectivity index (χ0v) is 11.9. The van der Waals surface area contributed by atoms with E-state index in [9.17, 15) is 0 Å². The second kappa shape index (κ2) is 4.15. The minimum Gasteiger partial charge on any atom is -0.308 e. The number of fused-ring (bicyclic) bond motifs is 6. The van der Waals surface area contributed by atoms with Gasteiger partial charge in [0.15, 0.2) is 0 Å². The van der Waals surface area contributed by atoms with Gasteiger partial charge in [0.1, 0.15) is 0 Å². The molecular formula is C18H13NS. The summed E-state index contributed by atoms with van der Waals surface area (Å²) in [6.07, 6.45) is 1.50. The SMILES string of the molecule is Cc1sc2c3ccccc3c3ccccc3c2c1C=N. The molecule has 2 heteroatoms. The lowest BCUT2D eigenvalue weighted by Gasteiger charge is -2.07. The highest BCUT2D eigenvalue weighted by Crippen LogP contribution is 2.41. The van der Waals surface area contributed by atoms with E-state index in [-0.39, 0.29) is 0 Å². The molecule has 1 heterocycles. The first kappa shape index (κ1) is 11.6. The Bertz CT molecular complexity index is 979. The van der Waals surface area contributed by atoms with Gasteiger partial charge >= 0.3 is 0 Å². The van der Waals surface area contributed by atoms with Gasteiger partial charge < -0.3 is 5.41 Å². The van der Waals surface area contributed by atoms with Crippen LogP contribution in [0.3, 0.4) is 0 Å². The molecule has 0 radical (unpaired) electrons. The average molecular weight is 275 g/mol. The van der Waals surface area contributed by atoms with Crippen molar-refractivity contribution in [3.8, 4) is 0 Å². The van der Waals surface area contributed by atoms with Gasteiger partial charge in [-0.2, -0.15) is 0 Å². The van der Waals surface area contributed by atoms with E-state index in [0.29, 0.717) is 0 Å². The van der Waals surface area contributed by atoms with Crippen LogP contribution in [0, 0.1) is 12.3 Å². The Balaban J connectivity index is 2.45. The second-order valence-electron chi connectivity index (χ2n) is 5.01. The van der Waals surface area contributed by atoms with Crippen molar-refractivity contribution in [2.45, 2.75) is 6.92 Å². The summed E-state index contributed by atoms with van der Waals surface area (Å²) in [7, 11) is 0. The highest BCUT2D eigenvalue weighted by Gasteiger charge is 2.14. The highest BCUT2D eigenvalue weighted by atomic mass is 32.1. The van der Waals surface area contributed by atoms with E-state index in [4.69, 9.17) is 5.41 Å². The number of hydrogen-bond acceptors (Lipinski definition) is 2. The maximum Gasteiger partial charge on any atom is 0.0437 e.